The Morgan fingerprint density at radius 2 is 1.82 bits per heavy atom. The molecule has 4 fully saturated rings. The monoisotopic (exact) mass is 457 g/mol. The lowest BCUT2D eigenvalue weighted by Crippen LogP contribution is -2.53. The van der Waals surface area contributed by atoms with Crippen molar-refractivity contribution in [3.63, 3.8) is 0 Å². The van der Waals surface area contributed by atoms with E-state index in [9.17, 15) is 9.90 Å². The van der Waals surface area contributed by atoms with Gasteiger partial charge in [0, 0.05) is 24.2 Å². The van der Waals surface area contributed by atoms with Crippen molar-refractivity contribution in [2.45, 2.75) is 57.6 Å². The molecule has 0 spiro atoms. The van der Waals surface area contributed by atoms with E-state index in [1.165, 1.54) is 38.5 Å². The molecule has 1 aromatic carbocycles. The first kappa shape index (κ1) is 21.5. The van der Waals surface area contributed by atoms with Crippen LogP contribution in [0, 0.1) is 34.5 Å². The first-order valence-electron chi connectivity index (χ1n) is 12.6. The summed E-state index contributed by atoms with van der Waals surface area (Å²) < 4.78 is 0. The summed E-state index contributed by atoms with van der Waals surface area (Å²) in [4.78, 5) is 23.7. The number of fused-ring (bicyclic) bond motifs is 1. The number of rotatable bonds is 5. The summed E-state index contributed by atoms with van der Waals surface area (Å²) in [6.07, 6.45) is 9.51. The number of nitrogens with zero attached hydrogens (tertiary/aromatic N) is 4. The number of benzene rings is 1. The second kappa shape index (κ2) is 8.35. The molecule has 2 aromatic rings. The fourth-order valence-corrected chi connectivity index (χ4v) is 7.55. The molecule has 7 rings (SSSR count). The molecule has 0 radical (unpaired) electrons. The summed E-state index contributed by atoms with van der Waals surface area (Å²) >= 11 is 0. The van der Waals surface area contributed by atoms with Crippen molar-refractivity contribution in [3.05, 3.63) is 53.0 Å². The molecule has 4 saturated carbocycles. The van der Waals surface area contributed by atoms with Crippen LogP contribution in [0.3, 0.4) is 0 Å². The highest BCUT2D eigenvalue weighted by Crippen LogP contribution is 2.61. The maximum absolute atomic E-state index is 13.0. The number of nitrogens with one attached hydrogen (secondary N) is 1. The molecule has 7 heteroatoms. The number of carbonyl (C=O) groups excluding carboxylic acids is 1. The zero-order valence-corrected chi connectivity index (χ0v) is 19.4. The van der Waals surface area contributed by atoms with Crippen LogP contribution in [0.4, 0.5) is 5.82 Å². The highest BCUT2D eigenvalue weighted by atomic mass is 16.3. The van der Waals surface area contributed by atoms with E-state index in [-0.39, 0.29) is 17.4 Å². The van der Waals surface area contributed by atoms with Crippen molar-refractivity contribution >= 4 is 11.7 Å². The SMILES string of the molecule is N#Cc1ccc(C(=O)N2CCc3c(ncnc3NCC(O)C34CC5CC(CC(C5)C3)C4)C2)cc1. The molecule has 34 heavy (non-hydrogen) atoms. The molecule has 4 bridgehead atoms. The van der Waals surface area contributed by atoms with Gasteiger partial charge in [-0.3, -0.25) is 4.79 Å². The third-order valence-electron chi connectivity index (χ3n) is 8.81. The highest BCUT2D eigenvalue weighted by molar-refractivity contribution is 5.94. The van der Waals surface area contributed by atoms with Crippen molar-refractivity contribution < 1.29 is 9.90 Å². The van der Waals surface area contributed by atoms with Crippen LogP contribution in [-0.4, -0.2) is 45.1 Å². The standard InChI is InChI=1S/C27H31N5O2/c28-13-17-1-3-21(4-2-17)26(34)32-6-5-22-23(15-32)30-16-31-25(22)29-14-24(33)27-10-18-7-19(11-27)9-20(8-18)12-27/h1-4,16,18-20,24,33H,5-12,14-15H2,(H,29,30,31). The normalized spacial score (nSPS) is 29.9. The van der Waals surface area contributed by atoms with E-state index >= 15 is 0 Å². The van der Waals surface area contributed by atoms with E-state index in [0.29, 0.717) is 37.2 Å². The smallest absolute Gasteiger partial charge is 0.254 e. The molecular formula is C27H31N5O2. The summed E-state index contributed by atoms with van der Waals surface area (Å²) in [6, 6.07) is 8.83. The largest absolute Gasteiger partial charge is 0.391 e. The van der Waals surface area contributed by atoms with Gasteiger partial charge in [-0.15, -0.1) is 0 Å². The Hall–Kier alpha value is -2.98. The maximum Gasteiger partial charge on any atom is 0.254 e. The van der Waals surface area contributed by atoms with E-state index in [4.69, 9.17) is 5.26 Å². The lowest BCUT2D eigenvalue weighted by molar-refractivity contribution is -0.115. The average molecular weight is 458 g/mol. The first-order valence-corrected chi connectivity index (χ1v) is 12.6. The van der Waals surface area contributed by atoms with E-state index in [1.54, 1.807) is 35.5 Å². The van der Waals surface area contributed by atoms with Crippen LogP contribution in [0.1, 0.15) is 65.7 Å². The molecule has 1 aliphatic heterocycles. The molecule has 4 aliphatic carbocycles. The Balaban J connectivity index is 1.13. The predicted octanol–water partition coefficient (Wildman–Crippen LogP) is 3.54. The van der Waals surface area contributed by atoms with Gasteiger partial charge in [-0.2, -0.15) is 5.26 Å². The van der Waals surface area contributed by atoms with Gasteiger partial charge in [0.2, 0.25) is 0 Å². The fourth-order valence-electron chi connectivity index (χ4n) is 7.55. The lowest BCUT2D eigenvalue weighted by Gasteiger charge is -2.58. The average Bonchev–Trinajstić information content (AvgIpc) is 2.85. The predicted molar refractivity (Wildman–Crippen MR) is 127 cm³/mol. The Bertz CT molecular complexity index is 1100. The van der Waals surface area contributed by atoms with Crippen LogP contribution in [0.2, 0.25) is 0 Å². The molecule has 1 aromatic heterocycles. The summed E-state index contributed by atoms with van der Waals surface area (Å²) in [5.41, 5.74) is 3.10. The van der Waals surface area contributed by atoms with Gasteiger partial charge in [0.05, 0.1) is 30.0 Å². The van der Waals surface area contributed by atoms with Crippen LogP contribution < -0.4 is 5.32 Å². The van der Waals surface area contributed by atoms with Crippen molar-refractivity contribution in [1.29, 1.82) is 5.26 Å². The molecule has 176 valence electrons. The quantitative estimate of drug-likeness (QED) is 0.712. The molecule has 2 heterocycles. The summed E-state index contributed by atoms with van der Waals surface area (Å²) in [7, 11) is 0. The van der Waals surface area contributed by atoms with Gasteiger partial charge in [-0.05, 0) is 92.4 Å². The summed E-state index contributed by atoms with van der Waals surface area (Å²) in [5, 5.41) is 23.7. The van der Waals surface area contributed by atoms with Gasteiger partial charge < -0.3 is 15.3 Å². The van der Waals surface area contributed by atoms with Crippen LogP contribution >= 0.6 is 0 Å². The Morgan fingerprint density at radius 1 is 1.15 bits per heavy atom. The fraction of sp³-hybridized carbons (Fsp3) is 0.556. The van der Waals surface area contributed by atoms with Crippen molar-refractivity contribution in [2.75, 3.05) is 18.4 Å². The number of aromatic nitrogens is 2. The minimum absolute atomic E-state index is 0.0551. The van der Waals surface area contributed by atoms with Crippen molar-refractivity contribution in [1.82, 2.24) is 14.9 Å². The number of carbonyl (C=O) groups is 1. The highest BCUT2D eigenvalue weighted by Gasteiger charge is 2.53. The third kappa shape index (κ3) is 3.74. The number of hydrogen-bond donors (Lipinski definition) is 2. The van der Waals surface area contributed by atoms with Gasteiger partial charge in [0.25, 0.3) is 5.91 Å². The minimum Gasteiger partial charge on any atom is -0.391 e. The number of amides is 1. The molecule has 7 nitrogen and oxygen atoms in total. The number of aliphatic hydroxyl groups is 1. The third-order valence-corrected chi connectivity index (χ3v) is 8.81. The topological polar surface area (TPSA) is 102 Å². The van der Waals surface area contributed by atoms with Crippen LogP contribution in [0.15, 0.2) is 30.6 Å². The number of aliphatic hydroxyl groups excluding tert-OH is 1. The van der Waals surface area contributed by atoms with E-state index in [0.717, 1.165) is 34.8 Å². The van der Waals surface area contributed by atoms with Gasteiger partial charge in [0.1, 0.15) is 12.1 Å². The number of nitriles is 1. The van der Waals surface area contributed by atoms with Gasteiger partial charge in [0.15, 0.2) is 0 Å². The lowest BCUT2D eigenvalue weighted by atomic mass is 9.48. The number of hydrogen-bond acceptors (Lipinski definition) is 6. The second-order valence-electron chi connectivity index (χ2n) is 11.0. The van der Waals surface area contributed by atoms with Crippen LogP contribution in [0.5, 0.6) is 0 Å². The molecular weight excluding hydrogens is 426 g/mol. The Labute approximate surface area is 200 Å². The van der Waals surface area contributed by atoms with Gasteiger partial charge in [-0.25, -0.2) is 9.97 Å². The van der Waals surface area contributed by atoms with Crippen LogP contribution in [0.25, 0.3) is 0 Å². The molecule has 0 saturated heterocycles. The molecule has 1 unspecified atom stereocenters. The molecule has 5 aliphatic rings. The van der Waals surface area contributed by atoms with Crippen molar-refractivity contribution in [2.24, 2.45) is 23.2 Å². The zero-order chi connectivity index (χ0) is 23.3. The van der Waals surface area contributed by atoms with E-state index in [1.807, 2.05) is 0 Å². The van der Waals surface area contributed by atoms with Gasteiger partial charge in [-0.1, -0.05) is 0 Å². The van der Waals surface area contributed by atoms with Crippen molar-refractivity contribution in [3.8, 4) is 6.07 Å². The van der Waals surface area contributed by atoms with E-state index < -0.39 is 0 Å². The molecule has 1 amide bonds. The summed E-state index contributed by atoms with van der Waals surface area (Å²) in [5.74, 6) is 3.17. The van der Waals surface area contributed by atoms with Gasteiger partial charge >= 0.3 is 0 Å². The van der Waals surface area contributed by atoms with E-state index in [2.05, 4.69) is 21.4 Å². The minimum atomic E-state index is -0.357. The molecule has 1 atom stereocenters. The Morgan fingerprint density at radius 3 is 2.47 bits per heavy atom. The molecule has 2 N–H and O–H groups in total. The summed E-state index contributed by atoms with van der Waals surface area (Å²) in [6.45, 7) is 1.54. The second-order valence-corrected chi connectivity index (χ2v) is 11.0. The number of anilines is 1. The van der Waals surface area contributed by atoms with Crippen LogP contribution in [-0.2, 0) is 13.0 Å². The zero-order valence-electron chi connectivity index (χ0n) is 19.4. The Kier molecular flexibility index (Phi) is 5.29. The first-order chi connectivity index (χ1) is 16.5. The maximum atomic E-state index is 13.0.